The third-order valence-corrected chi connectivity index (χ3v) is 12.7. The van der Waals surface area contributed by atoms with Gasteiger partial charge in [-0.15, -0.1) is 0 Å². The highest BCUT2D eigenvalue weighted by Gasteiger charge is 2.30. The van der Waals surface area contributed by atoms with Crippen LogP contribution >= 0.6 is 23.2 Å². The van der Waals surface area contributed by atoms with Crippen LogP contribution in [0.2, 0.25) is 10.0 Å². The summed E-state index contributed by atoms with van der Waals surface area (Å²) in [5, 5.41) is 7.80. The van der Waals surface area contributed by atoms with Gasteiger partial charge in [0, 0.05) is 22.7 Å². The van der Waals surface area contributed by atoms with Gasteiger partial charge < -0.3 is 10.0 Å². The van der Waals surface area contributed by atoms with E-state index in [1.54, 1.807) is 18.2 Å². The van der Waals surface area contributed by atoms with Gasteiger partial charge in [-0.1, -0.05) is 72.8 Å². The first-order valence-corrected chi connectivity index (χ1v) is 20.5. The number of carboxylic acid groups (broad SMARTS) is 1. The van der Waals surface area contributed by atoms with Crippen molar-refractivity contribution in [2.24, 2.45) is 0 Å². The number of anilines is 1. The Hall–Kier alpha value is -4.36. The monoisotopic (exact) mass is 803 g/mol. The van der Waals surface area contributed by atoms with E-state index in [0.29, 0.717) is 34.7 Å². The largest absolute Gasteiger partial charge is 0.478 e. The van der Waals surface area contributed by atoms with Crippen LogP contribution in [-0.2, 0) is 60.0 Å². The van der Waals surface area contributed by atoms with Crippen molar-refractivity contribution in [3.05, 3.63) is 148 Å². The molecule has 0 bridgehead atoms. The molecule has 4 aromatic rings. The quantitative estimate of drug-likeness (QED) is 0.177. The summed E-state index contributed by atoms with van der Waals surface area (Å²) in [6.07, 6.45) is 7.28. The van der Waals surface area contributed by atoms with Crippen LogP contribution in [0, 0.1) is 11.6 Å². The van der Waals surface area contributed by atoms with Gasteiger partial charge in [0.15, 0.2) is 19.7 Å². The van der Waals surface area contributed by atoms with Crippen molar-refractivity contribution in [1.29, 1.82) is 0 Å². The molecule has 2 aliphatic rings. The number of hydrogen-bond acceptors (Lipinski definition) is 6. The number of aryl methyl sites for hydroxylation is 2. The highest BCUT2D eigenvalue weighted by atomic mass is 35.5. The van der Waals surface area contributed by atoms with E-state index in [-0.39, 0.29) is 32.4 Å². The molecule has 0 aromatic heterocycles. The lowest BCUT2D eigenvalue weighted by atomic mass is 9.92. The van der Waals surface area contributed by atoms with Crippen LogP contribution in [0.15, 0.2) is 108 Å². The number of hydrogen-bond donors (Lipinski definition) is 1. The van der Waals surface area contributed by atoms with Crippen LogP contribution in [0.25, 0.3) is 0 Å². The molecule has 0 radical (unpaired) electrons. The van der Waals surface area contributed by atoms with E-state index in [0.717, 1.165) is 67.0 Å². The summed E-state index contributed by atoms with van der Waals surface area (Å²) in [7, 11) is -7.30. The second-order valence-electron chi connectivity index (χ2n) is 12.2. The van der Waals surface area contributed by atoms with Crippen LogP contribution in [-0.4, -0.2) is 40.4 Å². The molecule has 8 nitrogen and oxygen atoms in total. The second-order valence-corrected chi connectivity index (χ2v) is 16.9. The molecule has 6 rings (SSSR count). The van der Waals surface area contributed by atoms with Crippen molar-refractivity contribution in [3.8, 4) is 0 Å². The number of fused-ring (bicyclic) bond motifs is 2. The Bertz CT molecular complexity index is 2260. The number of sulfone groups is 2. The van der Waals surface area contributed by atoms with E-state index in [1.807, 2.05) is 12.1 Å². The molecule has 4 aromatic carbocycles. The van der Waals surface area contributed by atoms with Crippen molar-refractivity contribution in [1.82, 2.24) is 0 Å². The summed E-state index contributed by atoms with van der Waals surface area (Å²) in [5.41, 5.74) is 4.00. The van der Waals surface area contributed by atoms with E-state index in [9.17, 15) is 35.2 Å². The first-order valence-electron chi connectivity index (χ1n) is 16.4. The lowest BCUT2D eigenvalue weighted by molar-refractivity contribution is -0.131. The maximum atomic E-state index is 13.2. The molecule has 0 fully saturated rings. The van der Waals surface area contributed by atoms with E-state index < -0.39 is 37.3 Å². The number of carbonyl (C=O) groups is 2. The average molecular weight is 805 g/mol. The Morgan fingerprint density at radius 3 is 1.74 bits per heavy atom. The van der Waals surface area contributed by atoms with Crippen LogP contribution in [0.3, 0.4) is 0 Å². The van der Waals surface area contributed by atoms with Gasteiger partial charge in [0.05, 0.1) is 27.0 Å². The minimum Gasteiger partial charge on any atom is -0.478 e. The van der Waals surface area contributed by atoms with Gasteiger partial charge in [0.25, 0.3) is 0 Å². The summed E-state index contributed by atoms with van der Waals surface area (Å²) >= 11 is 11.9. The number of nitrogens with zero attached hydrogens (tertiary/aromatic N) is 1. The SMILES string of the molecule is C=CC(=O)N1CCCc2cccc(S(=O)(=O)Cc3ccc(F)cc3Cl)c21.C=CC(=O)O.O=S(=O)(Cc1ccc(F)cc1Cl)c1cccc2c1CCCC2. The van der Waals surface area contributed by atoms with Gasteiger partial charge in [-0.3, -0.25) is 4.79 Å². The van der Waals surface area contributed by atoms with E-state index in [4.69, 9.17) is 28.3 Å². The Balaban J connectivity index is 0.000000212. The molecular formula is C39H37Cl2F2NO7S2. The molecule has 1 N–H and O–H groups in total. The maximum absolute atomic E-state index is 13.2. The van der Waals surface area contributed by atoms with Gasteiger partial charge in [-0.05, 0) is 109 Å². The highest BCUT2D eigenvalue weighted by Crippen LogP contribution is 2.36. The number of aliphatic carboxylic acids is 1. The number of amides is 1. The minimum absolute atomic E-state index is 0.0531. The van der Waals surface area contributed by atoms with Gasteiger partial charge in [-0.25, -0.2) is 30.4 Å². The zero-order chi connectivity index (χ0) is 38.9. The van der Waals surface area contributed by atoms with Crippen molar-refractivity contribution in [3.63, 3.8) is 0 Å². The maximum Gasteiger partial charge on any atom is 0.327 e. The summed E-state index contributed by atoms with van der Waals surface area (Å²) < 4.78 is 77.9. The Kier molecular flexibility index (Phi) is 14.1. The fourth-order valence-electron chi connectivity index (χ4n) is 6.08. The van der Waals surface area contributed by atoms with Gasteiger partial charge in [0.2, 0.25) is 5.91 Å². The topological polar surface area (TPSA) is 126 Å². The summed E-state index contributed by atoms with van der Waals surface area (Å²) in [6.45, 7) is 6.89. The molecular weight excluding hydrogens is 767 g/mol. The molecule has 14 heteroatoms. The number of para-hydroxylation sites is 1. The molecule has 0 saturated carbocycles. The predicted molar refractivity (Wildman–Crippen MR) is 203 cm³/mol. The Labute approximate surface area is 318 Å². The fraction of sp³-hybridized carbons (Fsp3) is 0.231. The molecule has 0 unspecified atom stereocenters. The molecule has 1 aliphatic carbocycles. The van der Waals surface area contributed by atoms with E-state index in [1.165, 1.54) is 41.3 Å². The standard InChI is InChI=1S/C19H17ClFNO3S.C17H16ClFO2S.C3H4O2/c1-2-18(23)22-10-4-6-13-5-3-7-17(19(13)22)26(24,25)12-14-8-9-15(21)11-16(14)20;18-16-10-14(19)9-8-13(16)11-22(20,21)17-7-3-5-12-4-1-2-6-15(12)17;1-2-3(4)5/h2-3,5,7-9,11H,1,4,6,10,12H2;3,5,7-10H,1-2,4,6,11H2;2H,1H2,(H,4,5). The Morgan fingerprint density at radius 2 is 1.21 bits per heavy atom. The first-order chi connectivity index (χ1) is 25.1. The van der Waals surface area contributed by atoms with Crippen molar-refractivity contribution in [2.75, 3.05) is 11.4 Å². The molecule has 1 amide bonds. The second kappa shape index (κ2) is 18.1. The smallest absolute Gasteiger partial charge is 0.327 e. The molecule has 1 heterocycles. The third kappa shape index (κ3) is 10.6. The molecule has 280 valence electrons. The third-order valence-electron chi connectivity index (χ3n) is 8.54. The zero-order valence-corrected chi connectivity index (χ0v) is 31.7. The lowest BCUT2D eigenvalue weighted by Crippen LogP contribution is -2.35. The number of carbonyl (C=O) groups excluding carboxylic acids is 1. The number of halogens is 4. The molecule has 53 heavy (non-hydrogen) atoms. The van der Waals surface area contributed by atoms with Crippen molar-refractivity contribution < 1.29 is 40.3 Å². The van der Waals surface area contributed by atoms with Crippen molar-refractivity contribution in [2.45, 2.75) is 59.8 Å². The lowest BCUT2D eigenvalue weighted by Gasteiger charge is -2.30. The minimum atomic E-state index is -3.80. The van der Waals surface area contributed by atoms with E-state index in [2.05, 4.69) is 13.2 Å². The molecule has 0 spiro atoms. The average Bonchev–Trinajstić information content (AvgIpc) is 3.13. The molecule has 0 atom stereocenters. The van der Waals surface area contributed by atoms with E-state index >= 15 is 0 Å². The van der Waals surface area contributed by atoms with Crippen molar-refractivity contribution >= 4 is 60.4 Å². The summed E-state index contributed by atoms with van der Waals surface area (Å²) in [6, 6.07) is 17.9. The zero-order valence-electron chi connectivity index (χ0n) is 28.5. The summed E-state index contributed by atoms with van der Waals surface area (Å²) in [5.74, 6) is -2.90. The molecule has 0 saturated heterocycles. The molecule has 1 aliphatic heterocycles. The van der Waals surface area contributed by atoms with Crippen LogP contribution < -0.4 is 4.90 Å². The fourth-order valence-corrected chi connectivity index (χ4v) is 10.1. The van der Waals surface area contributed by atoms with Gasteiger partial charge in [0.1, 0.15) is 11.6 Å². The number of benzene rings is 4. The summed E-state index contributed by atoms with van der Waals surface area (Å²) in [4.78, 5) is 23.4. The Morgan fingerprint density at radius 1 is 0.717 bits per heavy atom. The number of carboxylic acids is 1. The van der Waals surface area contributed by atoms with Crippen LogP contribution in [0.4, 0.5) is 14.5 Å². The highest BCUT2D eigenvalue weighted by molar-refractivity contribution is 7.91. The number of rotatable bonds is 8. The predicted octanol–water partition coefficient (Wildman–Crippen LogP) is 8.51. The first kappa shape index (κ1) is 41.4. The van der Waals surface area contributed by atoms with Crippen LogP contribution in [0.1, 0.15) is 47.1 Å². The van der Waals surface area contributed by atoms with Gasteiger partial charge >= 0.3 is 5.97 Å². The van der Waals surface area contributed by atoms with Crippen LogP contribution in [0.5, 0.6) is 0 Å². The normalized spacial score (nSPS) is 13.5. The van der Waals surface area contributed by atoms with Gasteiger partial charge in [-0.2, -0.15) is 0 Å².